The maximum Gasteiger partial charge on any atom is 0.280 e. The molecule has 0 bridgehead atoms. The van der Waals surface area contributed by atoms with Crippen LogP contribution in [0, 0.1) is 0 Å². The second kappa shape index (κ2) is 27.1. The summed E-state index contributed by atoms with van der Waals surface area (Å²) < 4.78 is 11.6. The smallest absolute Gasteiger partial charge is 0.280 e. The Morgan fingerprint density at radius 1 is 1.00 bits per heavy atom. The molecule has 1 aromatic heterocycles. The van der Waals surface area contributed by atoms with Crippen LogP contribution in [0.5, 0.6) is 0 Å². The SMILES string of the molecule is CC/C=C\C=C(/C)OCCCN(CCOC/C=C\C(=C/CC)CCCCN=C(N)NC(=O)c1nc(Cl)c(N)nc1N)CC(O)C(O)C(O)C(O)CO. The lowest BCUT2D eigenvalue weighted by atomic mass is 10.0. The van der Waals surface area contributed by atoms with Gasteiger partial charge in [0.25, 0.3) is 5.91 Å². The van der Waals surface area contributed by atoms with Crippen LogP contribution >= 0.6 is 11.6 Å². The lowest BCUT2D eigenvalue weighted by Gasteiger charge is -2.30. The number of unbranched alkanes of at least 4 members (excludes halogenated alkanes) is 1. The van der Waals surface area contributed by atoms with Crippen LogP contribution in [-0.4, -0.2) is 129 Å². The highest BCUT2D eigenvalue weighted by Gasteiger charge is 2.31. The molecule has 17 heteroatoms. The Balaban J connectivity index is 2.57. The first-order valence-corrected chi connectivity index (χ1v) is 17.9. The number of carbonyl (C=O) groups excluding carboxylic acids is 1. The quantitative estimate of drug-likeness (QED) is 0.0213. The van der Waals surface area contributed by atoms with Gasteiger partial charge in [0.05, 0.1) is 38.3 Å². The molecule has 16 nitrogen and oxygen atoms in total. The number of rotatable bonds is 26. The first kappa shape index (κ1) is 46.4. The number of guanidine groups is 1. The van der Waals surface area contributed by atoms with Crippen molar-refractivity contribution in [3.05, 3.63) is 58.6 Å². The summed E-state index contributed by atoms with van der Waals surface area (Å²) in [6, 6.07) is 0. The van der Waals surface area contributed by atoms with Crippen molar-refractivity contribution in [2.75, 3.05) is 64.1 Å². The molecule has 0 spiro atoms. The first-order valence-electron chi connectivity index (χ1n) is 17.5. The van der Waals surface area contributed by atoms with E-state index in [1.54, 1.807) is 0 Å². The second-order valence-corrected chi connectivity index (χ2v) is 12.2. The molecule has 0 radical (unpaired) electrons. The number of halogens is 1. The van der Waals surface area contributed by atoms with E-state index in [4.69, 9.17) is 43.4 Å². The van der Waals surface area contributed by atoms with Crippen LogP contribution in [0.15, 0.2) is 52.8 Å². The van der Waals surface area contributed by atoms with Gasteiger partial charge in [-0.2, -0.15) is 0 Å². The van der Waals surface area contributed by atoms with Crippen LogP contribution in [0.2, 0.25) is 5.15 Å². The van der Waals surface area contributed by atoms with Crippen molar-refractivity contribution in [1.29, 1.82) is 0 Å². The Hall–Kier alpha value is -3.61. The van der Waals surface area contributed by atoms with E-state index in [1.165, 1.54) is 0 Å². The molecule has 4 unspecified atom stereocenters. The Morgan fingerprint density at radius 3 is 2.42 bits per heavy atom. The third kappa shape index (κ3) is 19.3. The molecule has 0 fully saturated rings. The zero-order chi connectivity index (χ0) is 38.9. The second-order valence-electron chi connectivity index (χ2n) is 11.9. The lowest BCUT2D eigenvalue weighted by molar-refractivity contribution is -0.120. The number of amides is 1. The van der Waals surface area contributed by atoms with Gasteiger partial charge in [0.1, 0.15) is 18.3 Å². The van der Waals surface area contributed by atoms with Crippen LogP contribution in [0.1, 0.15) is 69.8 Å². The molecule has 0 saturated carbocycles. The minimum Gasteiger partial charge on any atom is -0.498 e. The van der Waals surface area contributed by atoms with Crippen molar-refractivity contribution in [2.24, 2.45) is 10.7 Å². The van der Waals surface area contributed by atoms with Crippen LogP contribution < -0.4 is 22.5 Å². The molecule has 294 valence electrons. The van der Waals surface area contributed by atoms with Gasteiger partial charge >= 0.3 is 0 Å². The highest BCUT2D eigenvalue weighted by Crippen LogP contribution is 2.17. The number of aliphatic hydroxyl groups is 5. The predicted octanol–water partition coefficient (Wildman–Crippen LogP) is 1.43. The number of anilines is 2. The van der Waals surface area contributed by atoms with E-state index < -0.39 is 36.9 Å². The van der Waals surface area contributed by atoms with E-state index in [9.17, 15) is 25.2 Å². The average Bonchev–Trinajstić information content (AvgIpc) is 3.11. The fourth-order valence-corrected chi connectivity index (χ4v) is 4.79. The number of aliphatic imine (C=N–C) groups is 1. The van der Waals surface area contributed by atoms with Gasteiger partial charge < -0.3 is 52.2 Å². The summed E-state index contributed by atoms with van der Waals surface area (Å²) in [6.07, 6.45) is 10.4. The van der Waals surface area contributed by atoms with E-state index in [-0.39, 0.29) is 35.0 Å². The molecule has 1 rings (SSSR count). The van der Waals surface area contributed by atoms with Crippen LogP contribution in [0.25, 0.3) is 0 Å². The third-order valence-corrected chi connectivity index (χ3v) is 7.78. The summed E-state index contributed by atoms with van der Waals surface area (Å²) in [7, 11) is 0. The third-order valence-electron chi connectivity index (χ3n) is 7.50. The van der Waals surface area contributed by atoms with Crippen LogP contribution in [-0.2, 0) is 9.47 Å². The van der Waals surface area contributed by atoms with Crippen molar-refractivity contribution in [3.63, 3.8) is 0 Å². The Labute approximate surface area is 311 Å². The molecule has 0 aromatic carbocycles. The van der Waals surface area contributed by atoms with Gasteiger partial charge in [-0.15, -0.1) is 0 Å². The Morgan fingerprint density at radius 2 is 1.73 bits per heavy atom. The van der Waals surface area contributed by atoms with Crippen molar-refractivity contribution in [2.45, 2.75) is 83.7 Å². The summed E-state index contributed by atoms with van der Waals surface area (Å²) in [5, 5.41) is 51.9. The van der Waals surface area contributed by atoms with E-state index in [2.05, 4.69) is 33.3 Å². The number of aromatic nitrogens is 2. The number of nitrogens with two attached hydrogens (primary N) is 3. The maximum absolute atomic E-state index is 12.4. The zero-order valence-electron chi connectivity index (χ0n) is 30.5. The van der Waals surface area contributed by atoms with Crippen molar-refractivity contribution < 1.29 is 39.8 Å². The van der Waals surface area contributed by atoms with Crippen molar-refractivity contribution in [1.82, 2.24) is 20.2 Å². The van der Waals surface area contributed by atoms with Gasteiger partial charge in [-0.3, -0.25) is 20.0 Å². The molecule has 52 heavy (non-hydrogen) atoms. The predicted molar refractivity (Wildman–Crippen MR) is 203 cm³/mol. The average molecular weight is 755 g/mol. The topological polar surface area (TPSA) is 268 Å². The molecular weight excluding hydrogens is 696 g/mol. The Kier molecular flexibility index (Phi) is 24.2. The minimum absolute atomic E-state index is 0.00978. The Bertz CT molecular complexity index is 1340. The summed E-state index contributed by atoms with van der Waals surface area (Å²) in [5.74, 6) is -0.263. The normalized spacial score (nSPS) is 15.4. The van der Waals surface area contributed by atoms with E-state index in [0.29, 0.717) is 45.9 Å². The van der Waals surface area contributed by atoms with Gasteiger partial charge in [0, 0.05) is 26.2 Å². The standard InChI is InChI=1S/C35H59ClN8O8/c1-4-6-7-13-24(3)52-20-11-17-44(22-26(46)29(48)30(49)27(47)23-45)18-21-51-19-10-15-25(12-5-2)14-8-9-16-40-35(39)43-34(50)28-32(37)42-33(38)31(36)41-28/h6-7,10,12-13,15,26-27,29-30,45-49H,4-5,8-9,11,14,16-23H2,1-3H3,(H4,37,38,42)(H3,39,40,43,50)/b7-6-,15-10-,24-13+,25-12-. The number of nitrogens with zero attached hydrogens (tertiary/aromatic N) is 4. The molecule has 1 amide bonds. The highest BCUT2D eigenvalue weighted by atomic mass is 35.5. The monoisotopic (exact) mass is 754 g/mol. The summed E-state index contributed by atoms with van der Waals surface area (Å²) in [6.45, 7) is 7.72. The van der Waals surface area contributed by atoms with E-state index in [1.807, 2.05) is 49.1 Å². The van der Waals surface area contributed by atoms with Gasteiger partial charge in [0.15, 0.2) is 28.4 Å². The molecule has 0 aliphatic heterocycles. The van der Waals surface area contributed by atoms with E-state index in [0.717, 1.165) is 43.4 Å². The van der Waals surface area contributed by atoms with Crippen molar-refractivity contribution in [3.8, 4) is 0 Å². The molecule has 0 aliphatic rings. The minimum atomic E-state index is -1.70. The van der Waals surface area contributed by atoms with Crippen molar-refractivity contribution >= 4 is 35.1 Å². The van der Waals surface area contributed by atoms with Gasteiger partial charge in [-0.25, -0.2) is 9.97 Å². The fraction of sp³-hybridized carbons (Fsp3) is 0.600. The van der Waals surface area contributed by atoms with E-state index >= 15 is 0 Å². The number of allylic oxidation sites excluding steroid dienone is 7. The molecule has 1 aromatic rings. The number of nitrogens with one attached hydrogen (secondary N) is 1. The van der Waals surface area contributed by atoms with Crippen LogP contribution in [0.4, 0.5) is 11.6 Å². The molecule has 0 saturated heterocycles. The largest absolute Gasteiger partial charge is 0.498 e. The maximum atomic E-state index is 12.4. The molecule has 1 heterocycles. The lowest BCUT2D eigenvalue weighted by Crippen LogP contribution is -2.50. The number of hydrogen-bond donors (Lipinski definition) is 9. The number of aliphatic hydroxyl groups excluding tert-OH is 5. The highest BCUT2D eigenvalue weighted by molar-refractivity contribution is 6.31. The van der Waals surface area contributed by atoms with Gasteiger partial charge in [-0.05, 0) is 51.5 Å². The molecule has 0 aliphatic carbocycles. The number of carbonyl (C=O) groups is 1. The summed E-state index contributed by atoms with van der Waals surface area (Å²) >= 11 is 5.83. The van der Waals surface area contributed by atoms with Crippen LogP contribution in [0.3, 0.4) is 0 Å². The fourth-order valence-electron chi connectivity index (χ4n) is 4.66. The zero-order valence-corrected chi connectivity index (χ0v) is 31.3. The number of ether oxygens (including phenoxy) is 2. The molecular formula is C35H59ClN8O8. The molecule has 12 N–H and O–H groups in total. The summed E-state index contributed by atoms with van der Waals surface area (Å²) in [5.41, 5.74) is 18.0. The number of hydrogen-bond acceptors (Lipinski definition) is 14. The van der Waals surface area contributed by atoms with Gasteiger partial charge in [-0.1, -0.05) is 61.4 Å². The summed E-state index contributed by atoms with van der Waals surface area (Å²) in [4.78, 5) is 26.1. The van der Waals surface area contributed by atoms with Gasteiger partial charge in [0.2, 0.25) is 0 Å². The first-order chi connectivity index (χ1) is 24.8. The molecule has 4 atom stereocenters. The number of nitrogen functional groups attached to an aromatic ring is 2.